The predicted molar refractivity (Wildman–Crippen MR) is 107 cm³/mol. The molecule has 2 aliphatic heterocycles. The Morgan fingerprint density at radius 2 is 2.15 bits per heavy atom. The maximum absolute atomic E-state index is 13.7. The molecule has 5 rings (SSSR count). The topological polar surface area (TPSA) is 24.5 Å². The van der Waals surface area contributed by atoms with E-state index < -0.39 is 11.5 Å². The zero-order chi connectivity index (χ0) is 18.1. The number of halogens is 3. The molecule has 0 spiro atoms. The van der Waals surface area contributed by atoms with Crippen molar-refractivity contribution in [2.75, 3.05) is 4.90 Å². The lowest BCUT2D eigenvalue weighted by Crippen LogP contribution is -2.69. The van der Waals surface area contributed by atoms with Crippen LogP contribution in [0.2, 0.25) is 5.02 Å². The summed E-state index contributed by atoms with van der Waals surface area (Å²) in [4.78, 5) is 1.99. The van der Waals surface area contributed by atoms with Crippen molar-refractivity contribution in [1.82, 2.24) is 5.32 Å². The first-order chi connectivity index (χ1) is 12.5. The van der Waals surface area contributed by atoms with Gasteiger partial charge in [-0.25, -0.2) is 4.39 Å². The number of rotatable bonds is 1. The van der Waals surface area contributed by atoms with Crippen LogP contribution < -0.4 is 15.0 Å². The van der Waals surface area contributed by atoms with Crippen molar-refractivity contribution in [2.45, 2.75) is 31.0 Å². The van der Waals surface area contributed by atoms with Crippen LogP contribution >= 0.6 is 39.7 Å². The van der Waals surface area contributed by atoms with Crippen molar-refractivity contribution in [3.8, 4) is 5.75 Å². The second kappa shape index (κ2) is 5.81. The van der Waals surface area contributed by atoms with Gasteiger partial charge in [0.15, 0.2) is 10.8 Å². The molecule has 1 saturated heterocycles. The Kier molecular flexibility index (Phi) is 3.75. The average molecular weight is 454 g/mol. The Morgan fingerprint density at radius 1 is 1.31 bits per heavy atom. The van der Waals surface area contributed by atoms with Gasteiger partial charge >= 0.3 is 0 Å². The second-order valence-corrected chi connectivity index (χ2v) is 8.70. The molecule has 2 fully saturated rings. The average Bonchev–Trinajstić information content (AvgIpc) is 3.03. The van der Waals surface area contributed by atoms with Crippen LogP contribution in [0.5, 0.6) is 5.75 Å². The largest absolute Gasteiger partial charge is 0.467 e. The molecule has 3 aliphatic rings. The number of benzene rings is 2. The molecule has 1 saturated carbocycles. The maximum Gasteiger partial charge on any atom is 0.194 e. The van der Waals surface area contributed by atoms with Crippen molar-refractivity contribution in [3.63, 3.8) is 0 Å². The fourth-order valence-corrected chi connectivity index (χ4v) is 5.57. The number of ether oxygens (including phenoxy) is 1. The summed E-state index contributed by atoms with van der Waals surface area (Å²) in [7, 11) is 0. The summed E-state index contributed by atoms with van der Waals surface area (Å²) in [5.74, 6) is 0.675. The van der Waals surface area contributed by atoms with Gasteiger partial charge < -0.3 is 10.1 Å². The monoisotopic (exact) mass is 452 g/mol. The maximum atomic E-state index is 13.7. The van der Waals surface area contributed by atoms with Gasteiger partial charge in [-0.05, 0) is 61.5 Å². The van der Waals surface area contributed by atoms with Crippen molar-refractivity contribution < 1.29 is 9.13 Å². The summed E-state index contributed by atoms with van der Waals surface area (Å²) in [6.45, 7) is 0. The molecule has 26 heavy (non-hydrogen) atoms. The van der Waals surface area contributed by atoms with Gasteiger partial charge in [-0.15, -0.1) is 0 Å². The van der Waals surface area contributed by atoms with Crippen molar-refractivity contribution >= 4 is 50.5 Å². The van der Waals surface area contributed by atoms with Gasteiger partial charge in [0.25, 0.3) is 0 Å². The van der Waals surface area contributed by atoms with Crippen LogP contribution in [-0.2, 0) is 0 Å². The molecule has 3 atom stereocenters. The minimum Gasteiger partial charge on any atom is -0.467 e. The minimum atomic E-state index is -0.561. The van der Waals surface area contributed by atoms with Crippen LogP contribution in [0.3, 0.4) is 0 Å². The number of fused-ring (bicyclic) bond motifs is 2. The van der Waals surface area contributed by atoms with Crippen molar-refractivity contribution in [2.24, 2.45) is 5.92 Å². The molecular formula is C19H15BrClFN2OS. The third kappa shape index (κ3) is 2.25. The van der Waals surface area contributed by atoms with E-state index in [9.17, 15) is 4.39 Å². The van der Waals surface area contributed by atoms with Gasteiger partial charge in [-0.1, -0.05) is 27.5 Å². The number of nitrogens with zero attached hydrogens (tertiary/aromatic N) is 1. The zero-order valence-electron chi connectivity index (χ0n) is 13.6. The number of hydrogen-bond donors (Lipinski definition) is 1. The van der Waals surface area contributed by atoms with Crippen molar-refractivity contribution in [3.05, 3.63) is 57.3 Å². The van der Waals surface area contributed by atoms with E-state index in [1.165, 1.54) is 6.07 Å². The molecule has 2 aromatic rings. The van der Waals surface area contributed by atoms with E-state index in [0.29, 0.717) is 5.11 Å². The molecule has 7 heteroatoms. The summed E-state index contributed by atoms with van der Waals surface area (Å²) < 4.78 is 21.3. The molecular weight excluding hydrogens is 439 g/mol. The number of anilines is 1. The van der Waals surface area contributed by atoms with Gasteiger partial charge in [0.1, 0.15) is 11.6 Å². The quantitative estimate of drug-likeness (QED) is 0.571. The van der Waals surface area contributed by atoms with E-state index in [0.717, 1.165) is 40.7 Å². The fraction of sp³-hybridized carbons (Fsp3) is 0.316. The zero-order valence-corrected chi connectivity index (χ0v) is 16.8. The highest BCUT2D eigenvalue weighted by Crippen LogP contribution is 2.56. The van der Waals surface area contributed by atoms with E-state index in [1.54, 1.807) is 12.1 Å². The summed E-state index contributed by atoms with van der Waals surface area (Å²) in [6, 6.07) is 10.9. The van der Waals surface area contributed by atoms with E-state index in [2.05, 4.69) is 27.3 Å². The number of nitrogens with one attached hydrogen (secondary N) is 1. The highest BCUT2D eigenvalue weighted by Gasteiger charge is 2.60. The second-order valence-electron chi connectivity index (χ2n) is 6.99. The Hall–Kier alpha value is -1.37. The van der Waals surface area contributed by atoms with Crippen LogP contribution in [0.1, 0.15) is 30.9 Å². The molecule has 0 unspecified atom stereocenters. The predicted octanol–water partition coefficient (Wildman–Crippen LogP) is 5.57. The summed E-state index contributed by atoms with van der Waals surface area (Å²) in [5, 5.41) is 4.17. The van der Waals surface area contributed by atoms with E-state index >= 15 is 0 Å². The van der Waals surface area contributed by atoms with Crippen LogP contribution in [0.15, 0.2) is 40.9 Å². The van der Waals surface area contributed by atoms with Crippen LogP contribution in [0, 0.1) is 11.7 Å². The molecule has 1 aliphatic carbocycles. The summed E-state index contributed by atoms with van der Waals surface area (Å²) in [6.07, 6.45) is 2.95. The molecule has 1 N–H and O–H groups in total. The Balaban J connectivity index is 1.68. The summed E-state index contributed by atoms with van der Waals surface area (Å²) >= 11 is 15.3. The third-order valence-corrected chi connectivity index (χ3v) is 6.73. The lowest BCUT2D eigenvalue weighted by Gasteiger charge is -2.56. The van der Waals surface area contributed by atoms with Crippen LogP contribution in [0.25, 0.3) is 0 Å². The molecule has 0 amide bonds. The highest BCUT2D eigenvalue weighted by molar-refractivity contribution is 9.10. The molecule has 2 aromatic carbocycles. The molecule has 2 heterocycles. The SMILES string of the molecule is Fc1ccc(N2C(=S)N[C@H]3c4cc(Br)ccc4O[C@@]24CCC[C@H]34)cc1Cl. The fourth-order valence-electron chi connectivity index (χ4n) is 4.63. The Labute approximate surface area is 169 Å². The normalized spacial score (nSPS) is 28.9. The lowest BCUT2D eigenvalue weighted by atomic mass is 9.80. The van der Waals surface area contributed by atoms with Gasteiger partial charge in [0, 0.05) is 28.1 Å². The Bertz CT molecular complexity index is 942. The van der Waals surface area contributed by atoms with Gasteiger partial charge in [0.2, 0.25) is 0 Å². The summed E-state index contributed by atoms with van der Waals surface area (Å²) in [5.41, 5.74) is 1.32. The van der Waals surface area contributed by atoms with Crippen LogP contribution in [0.4, 0.5) is 10.1 Å². The van der Waals surface area contributed by atoms with E-state index in [4.69, 9.17) is 28.6 Å². The molecule has 0 aromatic heterocycles. The number of thiocarbonyl (C=S) groups is 1. The van der Waals surface area contributed by atoms with Crippen molar-refractivity contribution in [1.29, 1.82) is 0 Å². The Morgan fingerprint density at radius 3 is 2.96 bits per heavy atom. The molecule has 134 valence electrons. The van der Waals surface area contributed by atoms with Gasteiger partial charge in [-0.2, -0.15) is 0 Å². The number of hydrogen-bond acceptors (Lipinski definition) is 2. The van der Waals surface area contributed by atoms with Crippen LogP contribution in [-0.4, -0.2) is 10.8 Å². The first kappa shape index (κ1) is 16.8. The standard InChI is InChI=1S/C19H15BrClFN2OS/c20-10-3-6-16-12(8-10)17-13-2-1-7-19(13,25-16)24(18(26)23-17)11-4-5-15(22)14(21)9-11/h3-6,8-9,13,17H,1-2,7H2,(H,23,26)/t13-,17+,19-/m1/s1. The minimum absolute atomic E-state index is 0.0820. The smallest absolute Gasteiger partial charge is 0.194 e. The lowest BCUT2D eigenvalue weighted by molar-refractivity contribution is -0.00510. The third-order valence-electron chi connectivity index (χ3n) is 5.65. The molecule has 3 nitrogen and oxygen atoms in total. The molecule has 0 radical (unpaired) electrons. The first-order valence-corrected chi connectivity index (χ1v) is 10.1. The highest BCUT2D eigenvalue weighted by atomic mass is 79.9. The first-order valence-electron chi connectivity index (χ1n) is 8.54. The van der Waals surface area contributed by atoms with E-state index in [1.807, 2.05) is 17.0 Å². The van der Waals surface area contributed by atoms with Gasteiger partial charge in [-0.3, -0.25) is 4.90 Å². The molecule has 2 bridgehead atoms. The van der Waals surface area contributed by atoms with Gasteiger partial charge in [0.05, 0.1) is 11.1 Å². The van der Waals surface area contributed by atoms with E-state index in [-0.39, 0.29) is 17.0 Å².